The predicted molar refractivity (Wildman–Crippen MR) is 176 cm³/mol. The number of hydrogen-bond acceptors (Lipinski definition) is 9. The number of fused-ring (bicyclic) bond motifs is 1. The highest BCUT2D eigenvalue weighted by molar-refractivity contribution is 5.88. The Morgan fingerprint density at radius 3 is 1.91 bits per heavy atom. The van der Waals surface area contributed by atoms with Crippen LogP contribution in [-0.4, -0.2) is 17.9 Å². The predicted octanol–water partition coefficient (Wildman–Crippen LogP) is 9.08. The Hall–Kier alpha value is -6.22. The van der Waals surface area contributed by atoms with Gasteiger partial charge in [0, 0.05) is 17.7 Å². The summed E-state index contributed by atoms with van der Waals surface area (Å²) in [5.41, 5.74) is -0.157. The van der Waals surface area contributed by atoms with Gasteiger partial charge in [0.15, 0.2) is 17.3 Å². The summed E-state index contributed by atoms with van der Waals surface area (Å²) in [4.78, 5) is 26.1. The molecule has 0 aliphatic heterocycles. The molecule has 9 heteroatoms. The van der Waals surface area contributed by atoms with Crippen molar-refractivity contribution in [2.45, 2.75) is 13.8 Å². The summed E-state index contributed by atoms with van der Waals surface area (Å²) in [6, 6.07) is 34.6. The lowest BCUT2D eigenvalue weighted by Gasteiger charge is -2.16. The zero-order valence-corrected chi connectivity index (χ0v) is 25.5. The van der Waals surface area contributed by atoms with Crippen LogP contribution in [0.2, 0.25) is 0 Å². The van der Waals surface area contributed by atoms with Crippen LogP contribution < -0.4 is 24.4 Å². The van der Waals surface area contributed by atoms with E-state index in [1.54, 1.807) is 80.6 Å². The molecule has 0 unspecified atom stereocenters. The Balaban J connectivity index is 1.47. The first kappa shape index (κ1) is 30.8. The molecular formula is C38H30O9. The lowest BCUT2D eigenvalue weighted by Crippen LogP contribution is -2.15. The summed E-state index contributed by atoms with van der Waals surface area (Å²) >= 11 is 0. The highest BCUT2D eigenvalue weighted by Crippen LogP contribution is 2.42. The molecule has 1 heterocycles. The molecule has 9 nitrogen and oxygen atoms in total. The Morgan fingerprint density at radius 1 is 0.702 bits per heavy atom. The van der Waals surface area contributed by atoms with Crippen molar-refractivity contribution in [1.29, 1.82) is 0 Å². The summed E-state index contributed by atoms with van der Waals surface area (Å²) in [5, 5.41) is 10.9. The van der Waals surface area contributed by atoms with E-state index in [0.29, 0.717) is 28.6 Å². The van der Waals surface area contributed by atoms with E-state index in [2.05, 4.69) is 0 Å². The third-order valence-electron chi connectivity index (χ3n) is 6.91. The third kappa shape index (κ3) is 7.20. The molecule has 0 saturated heterocycles. The van der Waals surface area contributed by atoms with Crippen molar-refractivity contribution in [1.82, 2.24) is 0 Å². The van der Waals surface area contributed by atoms with Gasteiger partial charge in [-0.05, 0) is 54.6 Å². The van der Waals surface area contributed by atoms with Crippen LogP contribution in [-0.2, 0) is 9.53 Å². The van der Waals surface area contributed by atoms with Crippen LogP contribution in [0.5, 0.6) is 46.0 Å². The molecule has 0 atom stereocenters. The average Bonchev–Trinajstić information content (AvgIpc) is 3.07. The van der Waals surface area contributed by atoms with Gasteiger partial charge in [-0.2, -0.15) is 0 Å². The van der Waals surface area contributed by atoms with Crippen molar-refractivity contribution in [3.05, 3.63) is 132 Å². The number of rotatable bonds is 11. The molecule has 47 heavy (non-hydrogen) atoms. The molecule has 1 aromatic heterocycles. The zero-order valence-electron chi connectivity index (χ0n) is 25.5. The third-order valence-corrected chi connectivity index (χ3v) is 6.91. The number of carbonyl (C=O) groups excluding carboxylic acids is 1. The van der Waals surface area contributed by atoms with E-state index in [1.165, 1.54) is 12.1 Å². The summed E-state index contributed by atoms with van der Waals surface area (Å²) in [7, 11) is 0. The van der Waals surface area contributed by atoms with Crippen LogP contribution >= 0.6 is 0 Å². The number of para-hydroxylation sites is 3. The molecule has 1 N–H and O–H groups in total. The second-order valence-corrected chi connectivity index (χ2v) is 10.7. The summed E-state index contributed by atoms with van der Waals surface area (Å²) in [6.45, 7) is 3.06. The van der Waals surface area contributed by atoms with Crippen molar-refractivity contribution < 1.29 is 38.0 Å². The second kappa shape index (κ2) is 13.8. The molecule has 0 fully saturated rings. The Labute approximate surface area is 270 Å². The lowest BCUT2D eigenvalue weighted by molar-refractivity contribution is -0.154. The van der Waals surface area contributed by atoms with E-state index < -0.39 is 11.4 Å². The summed E-state index contributed by atoms with van der Waals surface area (Å²) in [6.07, 6.45) is 0. The fourth-order valence-corrected chi connectivity index (χ4v) is 4.61. The molecule has 0 spiro atoms. The second-order valence-electron chi connectivity index (χ2n) is 10.7. The Morgan fingerprint density at radius 2 is 1.30 bits per heavy atom. The highest BCUT2D eigenvalue weighted by atomic mass is 16.7. The van der Waals surface area contributed by atoms with Gasteiger partial charge in [-0.1, -0.05) is 68.4 Å². The normalized spacial score (nSPS) is 10.9. The quantitative estimate of drug-likeness (QED) is 0.111. The van der Waals surface area contributed by atoms with E-state index in [0.717, 1.165) is 0 Å². The van der Waals surface area contributed by atoms with Crippen LogP contribution in [0.1, 0.15) is 13.8 Å². The molecule has 5 aromatic carbocycles. The SMILES string of the molecule is CC(C)C(=O)OCOc1cc(-c2oc3cc(Oc4ccccc4)cc(O)c3c(=O)c2Oc2ccccc2)ccc1Oc1ccccc1. The summed E-state index contributed by atoms with van der Waals surface area (Å²) < 4.78 is 35.6. The van der Waals surface area contributed by atoms with E-state index in [1.807, 2.05) is 42.5 Å². The first-order valence-corrected chi connectivity index (χ1v) is 14.8. The van der Waals surface area contributed by atoms with Crippen LogP contribution in [0.3, 0.4) is 0 Å². The maximum absolute atomic E-state index is 14.0. The van der Waals surface area contributed by atoms with Gasteiger partial charge in [0.25, 0.3) is 0 Å². The highest BCUT2D eigenvalue weighted by Gasteiger charge is 2.23. The molecule has 6 aromatic rings. The summed E-state index contributed by atoms with van der Waals surface area (Å²) in [5.74, 6) is 1.03. The average molecular weight is 631 g/mol. The maximum atomic E-state index is 14.0. The monoisotopic (exact) mass is 630 g/mol. The van der Waals surface area contributed by atoms with Crippen molar-refractivity contribution in [2.75, 3.05) is 6.79 Å². The molecule has 0 saturated carbocycles. The van der Waals surface area contributed by atoms with Crippen molar-refractivity contribution in [3.63, 3.8) is 0 Å². The van der Waals surface area contributed by atoms with Crippen LogP contribution in [0.15, 0.2) is 131 Å². The van der Waals surface area contributed by atoms with Gasteiger partial charge in [0.05, 0.1) is 5.92 Å². The molecule has 0 aliphatic carbocycles. The first-order chi connectivity index (χ1) is 22.9. The molecule has 0 amide bonds. The molecular weight excluding hydrogens is 600 g/mol. The molecule has 0 radical (unpaired) electrons. The van der Waals surface area contributed by atoms with Gasteiger partial charge < -0.3 is 33.2 Å². The number of esters is 1. The van der Waals surface area contributed by atoms with E-state index in [4.69, 9.17) is 28.1 Å². The minimum absolute atomic E-state index is 0.0536. The van der Waals surface area contributed by atoms with Gasteiger partial charge >= 0.3 is 5.97 Å². The van der Waals surface area contributed by atoms with Gasteiger partial charge in [0.2, 0.25) is 18.0 Å². The first-order valence-electron chi connectivity index (χ1n) is 14.8. The molecule has 6 rings (SSSR count). The minimum atomic E-state index is -0.605. The van der Waals surface area contributed by atoms with Gasteiger partial charge in [-0.25, -0.2) is 0 Å². The van der Waals surface area contributed by atoms with Crippen LogP contribution in [0.25, 0.3) is 22.3 Å². The van der Waals surface area contributed by atoms with E-state index in [9.17, 15) is 14.7 Å². The largest absolute Gasteiger partial charge is 0.507 e. The smallest absolute Gasteiger partial charge is 0.311 e. The molecule has 0 aliphatic rings. The van der Waals surface area contributed by atoms with E-state index in [-0.39, 0.29) is 52.4 Å². The number of aromatic hydroxyl groups is 1. The van der Waals surface area contributed by atoms with Crippen molar-refractivity contribution in [2.24, 2.45) is 5.92 Å². The number of ether oxygens (including phenoxy) is 5. The van der Waals surface area contributed by atoms with Gasteiger partial charge in [-0.15, -0.1) is 0 Å². The van der Waals surface area contributed by atoms with Gasteiger partial charge in [-0.3, -0.25) is 9.59 Å². The topological polar surface area (TPSA) is 114 Å². The minimum Gasteiger partial charge on any atom is -0.507 e. The van der Waals surface area contributed by atoms with Gasteiger partial charge in [0.1, 0.15) is 39.7 Å². The van der Waals surface area contributed by atoms with Crippen molar-refractivity contribution >= 4 is 16.9 Å². The van der Waals surface area contributed by atoms with Crippen LogP contribution in [0.4, 0.5) is 0 Å². The van der Waals surface area contributed by atoms with Crippen LogP contribution in [0, 0.1) is 5.92 Å². The number of phenolic OH excluding ortho intramolecular Hbond substituents is 1. The number of hydrogen-bond donors (Lipinski definition) is 1. The Kier molecular flexibility index (Phi) is 9.06. The number of benzene rings is 5. The molecule has 0 bridgehead atoms. The lowest BCUT2D eigenvalue weighted by atomic mass is 10.1. The van der Waals surface area contributed by atoms with E-state index >= 15 is 0 Å². The maximum Gasteiger partial charge on any atom is 0.311 e. The fraction of sp³-hybridized carbons (Fsp3) is 0.105. The Bertz CT molecular complexity index is 2060. The standard InChI is InChI=1S/C38H30O9/c1-24(2)38(41)43-23-42-32-20-25(18-19-31(32)45-27-14-8-4-9-15-27)36-37(46-28-16-10-5-11-17-28)35(40)34-30(39)21-29(22-33(34)47-36)44-26-12-6-3-7-13-26/h3-22,24,39H,23H2,1-2H3. The van der Waals surface area contributed by atoms with Crippen molar-refractivity contribution in [3.8, 4) is 57.3 Å². The fourth-order valence-electron chi connectivity index (χ4n) is 4.61. The zero-order chi connectivity index (χ0) is 32.8. The number of phenols is 1. The number of carbonyl (C=O) groups is 1. The molecule has 236 valence electrons.